The molecule has 0 aliphatic rings. The van der Waals surface area contributed by atoms with Crippen molar-refractivity contribution in [1.82, 2.24) is 10.2 Å². The van der Waals surface area contributed by atoms with Crippen LogP contribution in [0.25, 0.3) is 0 Å². The van der Waals surface area contributed by atoms with Gasteiger partial charge in [0.05, 0.1) is 0 Å². The highest BCUT2D eigenvalue weighted by Gasteiger charge is 2.32. The van der Waals surface area contributed by atoms with E-state index in [-0.39, 0.29) is 36.9 Å². The molecule has 0 radical (unpaired) electrons. The van der Waals surface area contributed by atoms with Crippen molar-refractivity contribution in [3.05, 3.63) is 99.5 Å². The molecule has 0 aromatic heterocycles. The van der Waals surface area contributed by atoms with Crippen LogP contribution in [0.4, 0.5) is 0 Å². The van der Waals surface area contributed by atoms with Gasteiger partial charge in [0.25, 0.3) is 5.91 Å². The topological polar surface area (TPSA) is 58.6 Å². The van der Waals surface area contributed by atoms with Gasteiger partial charge >= 0.3 is 0 Å². The number of rotatable bonds is 12. The minimum atomic E-state index is -0.796. The van der Waals surface area contributed by atoms with E-state index in [1.807, 2.05) is 68.4 Å². The lowest BCUT2D eigenvalue weighted by Crippen LogP contribution is -2.53. The molecule has 3 aromatic carbocycles. The number of ether oxygens (including phenoxy) is 1. The van der Waals surface area contributed by atoms with Gasteiger partial charge in [0.2, 0.25) is 5.91 Å². The summed E-state index contributed by atoms with van der Waals surface area (Å²) in [6.45, 7) is 7.94. The smallest absolute Gasteiger partial charge is 0.261 e. The molecule has 3 aromatic rings. The van der Waals surface area contributed by atoms with Gasteiger partial charge in [0.1, 0.15) is 11.8 Å². The van der Waals surface area contributed by atoms with Gasteiger partial charge in [-0.2, -0.15) is 0 Å². The summed E-state index contributed by atoms with van der Waals surface area (Å²) < 4.78 is 6.03. The summed E-state index contributed by atoms with van der Waals surface area (Å²) in [5.41, 5.74) is 2.53. The maximum atomic E-state index is 13.9. The summed E-state index contributed by atoms with van der Waals surface area (Å²) in [4.78, 5) is 29.0. The highest BCUT2D eigenvalue weighted by molar-refractivity contribution is 6.36. The van der Waals surface area contributed by atoms with Gasteiger partial charge in [0.15, 0.2) is 6.61 Å². The van der Waals surface area contributed by atoms with Crippen molar-refractivity contribution in [2.24, 2.45) is 0 Å². The number of nitrogens with one attached hydrogen (secondary N) is 1. The van der Waals surface area contributed by atoms with Gasteiger partial charge in [0, 0.05) is 34.6 Å². The van der Waals surface area contributed by atoms with Crippen molar-refractivity contribution in [1.29, 1.82) is 0 Å². The van der Waals surface area contributed by atoms with Crippen molar-refractivity contribution >= 4 is 35.0 Å². The van der Waals surface area contributed by atoms with Crippen LogP contribution in [0.15, 0.2) is 72.8 Å². The van der Waals surface area contributed by atoms with Crippen molar-refractivity contribution in [2.45, 2.75) is 65.1 Å². The Balaban J connectivity index is 1.98. The lowest BCUT2D eigenvalue weighted by atomic mass is 10.0. The Hall–Kier alpha value is -3.02. The van der Waals surface area contributed by atoms with Crippen LogP contribution >= 0.6 is 23.2 Å². The number of amides is 2. The Bertz CT molecular complexity index is 1200. The third-order valence-electron chi connectivity index (χ3n) is 6.55. The molecule has 0 heterocycles. The van der Waals surface area contributed by atoms with E-state index in [1.54, 1.807) is 18.2 Å². The predicted molar refractivity (Wildman–Crippen MR) is 155 cm³/mol. The second-order valence-electron chi connectivity index (χ2n) is 9.73. The number of benzene rings is 3. The van der Waals surface area contributed by atoms with Gasteiger partial charge in [-0.3, -0.25) is 9.59 Å². The molecule has 1 N–H and O–H groups in total. The fourth-order valence-electron chi connectivity index (χ4n) is 4.16. The van der Waals surface area contributed by atoms with Crippen molar-refractivity contribution in [3.8, 4) is 5.75 Å². The molecule has 0 saturated carbocycles. The molecule has 2 atom stereocenters. The van der Waals surface area contributed by atoms with Gasteiger partial charge in [-0.25, -0.2) is 0 Å². The molecule has 202 valence electrons. The standard InChI is InChI=1S/C31H36Cl2N2O3/c1-5-22(4)34-31(37)28(18-23-12-7-6-8-13-23)35(19-25-26(32)15-11-16-27(25)33)30(36)20-38-29-17-10-9-14-24(29)21(2)3/h6-17,21-22,28H,5,18-20H2,1-4H3,(H,34,37)/t22-,28+/m0/s1. The SMILES string of the molecule is CC[C@H](C)NC(=O)[C@@H](Cc1ccccc1)N(Cc1c(Cl)cccc1Cl)C(=O)COc1ccccc1C(C)C. The molecule has 3 rings (SSSR count). The average Bonchev–Trinajstić information content (AvgIpc) is 2.91. The zero-order valence-electron chi connectivity index (χ0n) is 22.4. The molecule has 0 bridgehead atoms. The second kappa shape index (κ2) is 14.2. The Kier molecular flexibility index (Phi) is 11.1. The maximum absolute atomic E-state index is 13.9. The Morgan fingerprint density at radius 2 is 1.53 bits per heavy atom. The predicted octanol–water partition coefficient (Wildman–Crippen LogP) is 7.05. The maximum Gasteiger partial charge on any atom is 0.261 e. The molecule has 2 amide bonds. The molecular weight excluding hydrogens is 519 g/mol. The number of hydrogen-bond donors (Lipinski definition) is 1. The number of hydrogen-bond acceptors (Lipinski definition) is 3. The minimum Gasteiger partial charge on any atom is -0.483 e. The van der Waals surface area contributed by atoms with Gasteiger partial charge in [-0.15, -0.1) is 0 Å². The van der Waals surface area contributed by atoms with E-state index in [9.17, 15) is 9.59 Å². The third-order valence-corrected chi connectivity index (χ3v) is 7.26. The lowest BCUT2D eigenvalue weighted by Gasteiger charge is -2.32. The largest absolute Gasteiger partial charge is 0.483 e. The third kappa shape index (κ3) is 7.99. The average molecular weight is 556 g/mol. The molecule has 0 saturated heterocycles. The van der Waals surface area contributed by atoms with Gasteiger partial charge in [-0.1, -0.05) is 98.6 Å². The highest BCUT2D eigenvalue weighted by Crippen LogP contribution is 2.28. The fraction of sp³-hybridized carbons (Fsp3) is 0.355. The fourth-order valence-corrected chi connectivity index (χ4v) is 4.68. The molecule has 0 aliphatic heterocycles. The van der Waals surface area contributed by atoms with E-state index < -0.39 is 6.04 Å². The molecule has 0 aliphatic carbocycles. The van der Waals surface area contributed by atoms with Crippen molar-refractivity contribution in [3.63, 3.8) is 0 Å². The molecule has 0 spiro atoms. The lowest BCUT2D eigenvalue weighted by molar-refractivity contribution is -0.143. The molecule has 0 unspecified atom stereocenters. The number of halogens is 2. The number of nitrogens with zero attached hydrogens (tertiary/aromatic N) is 1. The van der Waals surface area contributed by atoms with Crippen molar-refractivity contribution in [2.75, 3.05) is 6.61 Å². The number of para-hydroxylation sites is 1. The molecule has 0 fully saturated rings. The molecule has 7 heteroatoms. The minimum absolute atomic E-state index is 0.0456. The van der Waals surface area contributed by atoms with Crippen LogP contribution in [0, 0.1) is 0 Å². The van der Waals surface area contributed by atoms with Crippen LogP contribution in [0.3, 0.4) is 0 Å². The monoisotopic (exact) mass is 554 g/mol. The van der Waals surface area contributed by atoms with E-state index in [2.05, 4.69) is 19.2 Å². The highest BCUT2D eigenvalue weighted by atomic mass is 35.5. The molecule has 38 heavy (non-hydrogen) atoms. The first kappa shape index (κ1) is 29.5. The van der Waals surface area contributed by atoms with Gasteiger partial charge in [-0.05, 0) is 48.6 Å². The summed E-state index contributed by atoms with van der Waals surface area (Å²) in [5, 5.41) is 3.92. The normalized spacial score (nSPS) is 12.6. The van der Waals surface area contributed by atoms with Crippen LogP contribution in [0.2, 0.25) is 10.0 Å². The quantitative estimate of drug-likeness (QED) is 0.261. The zero-order chi connectivity index (χ0) is 27.7. The van der Waals surface area contributed by atoms with Crippen LogP contribution in [0.1, 0.15) is 56.7 Å². The second-order valence-corrected chi connectivity index (χ2v) is 10.5. The van der Waals surface area contributed by atoms with Crippen LogP contribution in [-0.2, 0) is 22.6 Å². The van der Waals surface area contributed by atoms with E-state index in [4.69, 9.17) is 27.9 Å². The zero-order valence-corrected chi connectivity index (χ0v) is 23.9. The van der Waals surface area contributed by atoms with Crippen LogP contribution < -0.4 is 10.1 Å². The summed E-state index contributed by atoms with van der Waals surface area (Å²) in [5.74, 6) is 0.309. The first-order valence-corrected chi connectivity index (χ1v) is 13.7. The first-order chi connectivity index (χ1) is 18.2. The van der Waals surface area contributed by atoms with Crippen LogP contribution in [-0.4, -0.2) is 35.4 Å². The Morgan fingerprint density at radius 1 is 0.895 bits per heavy atom. The molecular formula is C31H36Cl2N2O3. The van der Waals surface area contributed by atoms with Crippen LogP contribution in [0.5, 0.6) is 5.75 Å². The number of carbonyl (C=O) groups is 2. The van der Waals surface area contributed by atoms with E-state index in [1.165, 1.54) is 4.90 Å². The summed E-state index contributed by atoms with van der Waals surface area (Å²) in [7, 11) is 0. The summed E-state index contributed by atoms with van der Waals surface area (Å²) in [6.07, 6.45) is 1.10. The Labute approximate surface area is 236 Å². The number of carbonyl (C=O) groups excluding carboxylic acids is 2. The van der Waals surface area contributed by atoms with Crippen molar-refractivity contribution < 1.29 is 14.3 Å². The molecule has 5 nitrogen and oxygen atoms in total. The van der Waals surface area contributed by atoms with E-state index >= 15 is 0 Å². The van der Waals surface area contributed by atoms with Gasteiger partial charge < -0.3 is 15.0 Å². The summed E-state index contributed by atoms with van der Waals surface area (Å²) >= 11 is 13.0. The summed E-state index contributed by atoms with van der Waals surface area (Å²) in [6, 6.07) is 21.7. The van der Waals surface area contributed by atoms with E-state index in [0.29, 0.717) is 27.8 Å². The first-order valence-electron chi connectivity index (χ1n) is 13.0. The Morgan fingerprint density at radius 3 is 2.16 bits per heavy atom. The van der Waals surface area contributed by atoms with E-state index in [0.717, 1.165) is 17.5 Å².